The number of rotatable bonds is 3. The molecule has 1 aromatic heterocycles. The number of fused-ring (bicyclic) bond motifs is 1. The molecule has 2 aromatic rings. The number of halogens is 2. The molecule has 0 amide bonds. The van der Waals surface area contributed by atoms with Crippen molar-refractivity contribution >= 4 is 28.9 Å². The highest BCUT2D eigenvalue weighted by molar-refractivity contribution is 7.98. The molecule has 5 heteroatoms. The molecular formula is C15H12F2OS2. The van der Waals surface area contributed by atoms with Crippen molar-refractivity contribution in [2.24, 2.45) is 0 Å². The van der Waals surface area contributed by atoms with Crippen LogP contribution in [0, 0.1) is 11.6 Å². The number of carbonyl (C=O) groups excluding carboxylic acids is 1. The lowest BCUT2D eigenvalue weighted by Crippen LogP contribution is -2.02. The van der Waals surface area contributed by atoms with Gasteiger partial charge in [0.05, 0.1) is 4.88 Å². The van der Waals surface area contributed by atoms with Crippen molar-refractivity contribution < 1.29 is 13.6 Å². The number of ketones is 1. The van der Waals surface area contributed by atoms with E-state index < -0.39 is 11.6 Å². The molecule has 0 spiro atoms. The molecule has 0 atom stereocenters. The Hall–Kier alpha value is -1.20. The molecule has 3 rings (SSSR count). The molecule has 0 unspecified atom stereocenters. The number of hydrogen-bond acceptors (Lipinski definition) is 3. The fourth-order valence-corrected chi connectivity index (χ4v) is 4.58. The zero-order valence-corrected chi connectivity index (χ0v) is 12.3. The Kier molecular flexibility index (Phi) is 3.89. The van der Waals surface area contributed by atoms with Gasteiger partial charge in [-0.2, -0.15) is 11.8 Å². The number of hydrogen-bond donors (Lipinski definition) is 0. The van der Waals surface area contributed by atoms with Gasteiger partial charge in [0.1, 0.15) is 11.6 Å². The lowest BCUT2D eigenvalue weighted by atomic mass is 10.1. The molecular weight excluding hydrogens is 298 g/mol. The minimum Gasteiger partial charge on any atom is -0.293 e. The van der Waals surface area contributed by atoms with E-state index in [1.54, 1.807) is 0 Å². The lowest BCUT2D eigenvalue weighted by Gasteiger charge is -2.08. The van der Waals surface area contributed by atoms with Crippen molar-refractivity contribution in [2.75, 3.05) is 5.75 Å². The third-order valence-corrected chi connectivity index (χ3v) is 5.48. The minimum atomic E-state index is -0.644. The first-order valence-electron chi connectivity index (χ1n) is 6.29. The fraction of sp³-hybridized carbons (Fsp3) is 0.267. The van der Waals surface area contributed by atoms with Gasteiger partial charge in [0, 0.05) is 23.1 Å². The van der Waals surface area contributed by atoms with E-state index in [0.29, 0.717) is 10.4 Å². The van der Waals surface area contributed by atoms with E-state index in [-0.39, 0.29) is 12.2 Å². The van der Waals surface area contributed by atoms with Crippen molar-refractivity contribution in [1.82, 2.24) is 0 Å². The highest BCUT2D eigenvalue weighted by Gasteiger charge is 2.18. The first kappa shape index (κ1) is 13.8. The van der Waals surface area contributed by atoms with Crippen LogP contribution in [0.3, 0.4) is 0 Å². The topological polar surface area (TPSA) is 17.1 Å². The molecule has 0 fully saturated rings. The van der Waals surface area contributed by atoms with Gasteiger partial charge in [0.15, 0.2) is 5.78 Å². The number of thiophene rings is 1. The first-order valence-corrected chi connectivity index (χ1v) is 8.26. The van der Waals surface area contributed by atoms with E-state index in [4.69, 9.17) is 0 Å². The quantitative estimate of drug-likeness (QED) is 0.789. The van der Waals surface area contributed by atoms with E-state index in [0.717, 1.165) is 24.0 Å². The standard InChI is InChI=1S/C15H12F2OS2/c16-11-3-9(4-12(17)7-11)5-13(18)15-6-10-8-19-2-1-14(10)20-15/h3-4,6-7H,1-2,5,8H2. The maximum absolute atomic E-state index is 13.1. The van der Waals surface area contributed by atoms with Crippen LogP contribution in [0.25, 0.3) is 0 Å². The van der Waals surface area contributed by atoms with Crippen LogP contribution < -0.4 is 0 Å². The van der Waals surface area contributed by atoms with Gasteiger partial charge < -0.3 is 0 Å². The van der Waals surface area contributed by atoms with Gasteiger partial charge in [0.2, 0.25) is 0 Å². The van der Waals surface area contributed by atoms with Crippen molar-refractivity contribution in [3.8, 4) is 0 Å². The van der Waals surface area contributed by atoms with Crippen LogP contribution in [0.4, 0.5) is 8.78 Å². The number of carbonyl (C=O) groups is 1. The van der Waals surface area contributed by atoms with Gasteiger partial charge in [-0.3, -0.25) is 4.79 Å². The molecule has 1 nitrogen and oxygen atoms in total. The Labute approximate surface area is 124 Å². The van der Waals surface area contributed by atoms with Crippen molar-refractivity contribution in [2.45, 2.75) is 18.6 Å². The maximum atomic E-state index is 13.1. The van der Waals surface area contributed by atoms with Crippen molar-refractivity contribution in [3.63, 3.8) is 0 Å². The zero-order valence-electron chi connectivity index (χ0n) is 10.6. The van der Waals surface area contributed by atoms with E-state index in [1.165, 1.54) is 33.9 Å². The lowest BCUT2D eigenvalue weighted by molar-refractivity contribution is 0.0996. The van der Waals surface area contributed by atoms with Crippen LogP contribution >= 0.6 is 23.1 Å². The Balaban J connectivity index is 1.80. The summed E-state index contributed by atoms with van der Waals surface area (Å²) >= 11 is 3.39. The van der Waals surface area contributed by atoms with Crippen LogP contribution in [-0.4, -0.2) is 11.5 Å². The van der Waals surface area contributed by atoms with Gasteiger partial charge in [-0.15, -0.1) is 11.3 Å². The van der Waals surface area contributed by atoms with E-state index in [2.05, 4.69) is 0 Å². The summed E-state index contributed by atoms with van der Waals surface area (Å²) in [5.74, 6) is 0.688. The van der Waals surface area contributed by atoms with Crippen molar-refractivity contribution in [3.05, 3.63) is 56.8 Å². The molecule has 1 aliphatic rings. The van der Waals surface area contributed by atoms with Crippen LogP contribution in [0.15, 0.2) is 24.3 Å². The average Bonchev–Trinajstić information content (AvgIpc) is 2.81. The third-order valence-electron chi connectivity index (χ3n) is 3.19. The monoisotopic (exact) mass is 310 g/mol. The molecule has 1 aliphatic heterocycles. The SMILES string of the molecule is O=C(Cc1cc(F)cc(F)c1)c1cc2c(s1)CCSC2. The van der Waals surface area contributed by atoms with Gasteiger partial charge in [0.25, 0.3) is 0 Å². The van der Waals surface area contributed by atoms with Crippen LogP contribution in [0.2, 0.25) is 0 Å². The summed E-state index contributed by atoms with van der Waals surface area (Å²) in [7, 11) is 0. The second-order valence-electron chi connectivity index (χ2n) is 4.74. The second-order valence-corrected chi connectivity index (χ2v) is 6.98. The molecule has 0 saturated carbocycles. The highest BCUT2D eigenvalue weighted by atomic mass is 32.2. The fourth-order valence-electron chi connectivity index (χ4n) is 2.27. The second kappa shape index (κ2) is 5.66. The van der Waals surface area contributed by atoms with Crippen LogP contribution in [0.5, 0.6) is 0 Å². The minimum absolute atomic E-state index is 0.0429. The number of Topliss-reactive ketones (excluding diaryl/α,β-unsaturated/α-hetero) is 1. The molecule has 0 radical (unpaired) electrons. The van der Waals surface area contributed by atoms with Crippen LogP contribution in [0.1, 0.15) is 25.7 Å². The summed E-state index contributed by atoms with van der Waals surface area (Å²) in [5.41, 5.74) is 1.62. The van der Waals surface area contributed by atoms with E-state index in [9.17, 15) is 13.6 Å². The summed E-state index contributed by atoms with van der Waals surface area (Å²) in [6.07, 6.45) is 1.05. The van der Waals surface area contributed by atoms with Crippen molar-refractivity contribution in [1.29, 1.82) is 0 Å². The smallest absolute Gasteiger partial charge is 0.177 e. The molecule has 0 bridgehead atoms. The maximum Gasteiger partial charge on any atom is 0.177 e. The van der Waals surface area contributed by atoms with Gasteiger partial charge >= 0.3 is 0 Å². The zero-order chi connectivity index (χ0) is 14.1. The Morgan fingerprint density at radius 1 is 1.15 bits per heavy atom. The van der Waals surface area contributed by atoms with Gasteiger partial charge in [-0.1, -0.05) is 0 Å². The molecule has 20 heavy (non-hydrogen) atoms. The largest absolute Gasteiger partial charge is 0.293 e. The van der Waals surface area contributed by atoms with E-state index in [1.807, 2.05) is 17.8 Å². The Bertz CT molecular complexity index is 620. The summed E-state index contributed by atoms with van der Waals surface area (Å²) in [6, 6.07) is 5.17. The molecule has 0 saturated heterocycles. The predicted molar refractivity (Wildman–Crippen MR) is 78.6 cm³/mol. The Morgan fingerprint density at radius 2 is 1.90 bits per heavy atom. The van der Waals surface area contributed by atoms with Gasteiger partial charge in [-0.25, -0.2) is 8.78 Å². The molecule has 0 aliphatic carbocycles. The summed E-state index contributed by atoms with van der Waals surface area (Å²) < 4.78 is 26.2. The van der Waals surface area contributed by atoms with E-state index >= 15 is 0 Å². The summed E-state index contributed by atoms with van der Waals surface area (Å²) in [4.78, 5) is 14.2. The number of aryl methyl sites for hydroxylation is 1. The van der Waals surface area contributed by atoms with Crippen LogP contribution in [-0.2, 0) is 18.6 Å². The molecule has 0 N–H and O–H groups in total. The number of thioether (sulfide) groups is 1. The summed E-state index contributed by atoms with van der Waals surface area (Å²) in [6.45, 7) is 0. The van der Waals surface area contributed by atoms with Gasteiger partial charge in [-0.05, 0) is 41.5 Å². The predicted octanol–water partition coefficient (Wildman–Crippen LogP) is 4.24. The first-order chi connectivity index (χ1) is 9.61. The Morgan fingerprint density at radius 3 is 2.60 bits per heavy atom. The molecule has 2 heterocycles. The average molecular weight is 310 g/mol. The normalized spacial score (nSPS) is 14.1. The number of benzene rings is 1. The third kappa shape index (κ3) is 2.94. The highest BCUT2D eigenvalue weighted by Crippen LogP contribution is 2.32. The summed E-state index contributed by atoms with van der Waals surface area (Å²) in [5, 5.41) is 0. The molecule has 104 valence electrons. The molecule has 1 aromatic carbocycles.